The lowest BCUT2D eigenvalue weighted by Gasteiger charge is -2.22. The zero-order chi connectivity index (χ0) is 14.5. The molecule has 0 bridgehead atoms. The third kappa shape index (κ3) is 3.40. The van der Waals surface area contributed by atoms with E-state index in [1.807, 2.05) is 4.90 Å². The number of nitrogens with zero attached hydrogens (tertiary/aromatic N) is 2. The van der Waals surface area contributed by atoms with Crippen molar-refractivity contribution < 1.29 is 19.5 Å². The van der Waals surface area contributed by atoms with Crippen LogP contribution in [-0.4, -0.2) is 65.0 Å². The number of carbonyl (C=O) groups excluding carboxylic acids is 2. The lowest BCUT2D eigenvalue weighted by Crippen LogP contribution is -2.46. The monoisotopic (exact) mass is 283 g/mol. The van der Waals surface area contributed by atoms with Crippen molar-refractivity contribution in [2.45, 2.75) is 38.1 Å². The van der Waals surface area contributed by atoms with Crippen LogP contribution in [0.4, 0.5) is 4.79 Å². The smallest absolute Gasteiger partial charge is 0.326 e. The number of carboxylic acid groups (broad SMARTS) is 1. The van der Waals surface area contributed by atoms with E-state index in [4.69, 9.17) is 5.11 Å². The molecule has 2 N–H and O–H groups in total. The van der Waals surface area contributed by atoms with Crippen molar-refractivity contribution in [1.82, 2.24) is 15.1 Å². The summed E-state index contributed by atoms with van der Waals surface area (Å²) in [5.41, 5.74) is 0. The van der Waals surface area contributed by atoms with Crippen LogP contribution in [0.1, 0.15) is 32.1 Å². The van der Waals surface area contributed by atoms with E-state index >= 15 is 0 Å². The Morgan fingerprint density at radius 3 is 2.45 bits per heavy atom. The Balaban J connectivity index is 1.72. The van der Waals surface area contributed by atoms with Gasteiger partial charge in [-0.1, -0.05) is 0 Å². The summed E-state index contributed by atoms with van der Waals surface area (Å²) in [4.78, 5) is 37.8. The highest BCUT2D eigenvalue weighted by molar-refractivity contribution is 5.83. The van der Waals surface area contributed by atoms with Crippen molar-refractivity contribution in [2.24, 2.45) is 0 Å². The van der Waals surface area contributed by atoms with E-state index in [9.17, 15) is 14.4 Å². The molecule has 0 spiro atoms. The number of likely N-dealkylation sites (tertiary alicyclic amines) is 2. The van der Waals surface area contributed by atoms with Crippen LogP contribution in [0.15, 0.2) is 0 Å². The van der Waals surface area contributed by atoms with Gasteiger partial charge in [-0.3, -0.25) is 4.79 Å². The molecular formula is C13H21N3O4. The van der Waals surface area contributed by atoms with Gasteiger partial charge >= 0.3 is 12.0 Å². The average molecular weight is 283 g/mol. The van der Waals surface area contributed by atoms with Gasteiger partial charge in [0.15, 0.2) is 0 Å². The van der Waals surface area contributed by atoms with E-state index < -0.39 is 12.0 Å². The van der Waals surface area contributed by atoms with E-state index in [1.165, 1.54) is 4.90 Å². The van der Waals surface area contributed by atoms with E-state index in [0.29, 0.717) is 19.4 Å². The summed E-state index contributed by atoms with van der Waals surface area (Å²) >= 11 is 0. The van der Waals surface area contributed by atoms with Gasteiger partial charge in [-0.25, -0.2) is 9.59 Å². The standard InChI is InChI=1S/C13H21N3O4/c17-11(15-7-1-2-8-15)5-6-14-13(20)16-9-3-4-10(16)12(18)19/h10H,1-9H2,(H,14,20)(H,18,19)/t10-/m0/s1. The average Bonchev–Trinajstić information content (AvgIpc) is 3.09. The second-order valence-electron chi connectivity index (χ2n) is 5.26. The number of carboxylic acids is 1. The van der Waals surface area contributed by atoms with Gasteiger partial charge in [-0.15, -0.1) is 0 Å². The Hall–Kier alpha value is -1.79. The van der Waals surface area contributed by atoms with Crippen LogP contribution in [0.3, 0.4) is 0 Å². The maximum atomic E-state index is 11.9. The van der Waals surface area contributed by atoms with Gasteiger partial charge in [0.1, 0.15) is 6.04 Å². The molecule has 20 heavy (non-hydrogen) atoms. The molecular weight excluding hydrogens is 262 g/mol. The summed E-state index contributed by atoms with van der Waals surface area (Å²) in [6.07, 6.45) is 3.57. The minimum absolute atomic E-state index is 0.0546. The topological polar surface area (TPSA) is 90.0 Å². The van der Waals surface area contributed by atoms with Crippen molar-refractivity contribution in [1.29, 1.82) is 0 Å². The molecule has 3 amide bonds. The number of carbonyl (C=O) groups is 3. The molecule has 2 aliphatic rings. The second kappa shape index (κ2) is 6.58. The predicted molar refractivity (Wildman–Crippen MR) is 71.2 cm³/mol. The molecule has 0 radical (unpaired) electrons. The van der Waals surface area contributed by atoms with Crippen molar-refractivity contribution in [3.63, 3.8) is 0 Å². The van der Waals surface area contributed by atoms with Crippen molar-refractivity contribution in [3.8, 4) is 0 Å². The molecule has 2 saturated heterocycles. The highest BCUT2D eigenvalue weighted by atomic mass is 16.4. The van der Waals surface area contributed by atoms with Gasteiger partial charge < -0.3 is 20.2 Å². The van der Waals surface area contributed by atoms with Crippen molar-refractivity contribution in [3.05, 3.63) is 0 Å². The fourth-order valence-corrected chi connectivity index (χ4v) is 2.77. The van der Waals surface area contributed by atoms with Crippen LogP contribution in [0, 0.1) is 0 Å². The van der Waals surface area contributed by atoms with Crippen LogP contribution in [0.2, 0.25) is 0 Å². The first-order valence-corrected chi connectivity index (χ1v) is 7.14. The minimum atomic E-state index is -0.967. The molecule has 0 saturated carbocycles. The quantitative estimate of drug-likeness (QED) is 0.774. The Morgan fingerprint density at radius 2 is 1.80 bits per heavy atom. The van der Waals surface area contributed by atoms with Gasteiger partial charge in [-0.05, 0) is 25.7 Å². The second-order valence-corrected chi connectivity index (χ2v) is 5.26. The number of urea groups is 1. The Kier molecular flexibility index (Phi) is 4.81. The zero-order valence-electron chi connectivity index (χ0n) is 11.5. The molecule has 7 nitrogen and oxygen atoms in total. The summed E-state index contributed by atoms with van der Waals surface area (Å²) in [6, 6.07) is -1.12. The van der Waals surface area contributed by atoms with Gasteiger partial charge in [0.25, 0.3) is 0 Å². The fourth-order valence-electron chi connectivity index (χ4n) is 2.77. The number of hydrogen-bond acceptors (Lipinski definition) is 3. The molecule has 1 atom stereocenters. The first-order chi connectivity index (χ1) is 9.59. The largest absolute Gasteiger partial charge is 0.480 e. The van der Waals surface area contributed by atoms with Crippen LogP contribution in [0.25, 0.3) is 0 Å². The highest BCUT2D eigenvalue weighted by Crippen LogP contribution is 2.17. The summed E-state index contributed by atoms with van der Waals surface area (Å²) in [6.45, 7) is 2.33. The molecule has 7 heteroatoms. The Bertz CT molecular complexity index is 393. The number of aliphatic carboxylic acids is 1. The molecule has 0 aliphatic carbocycles. The first-order valence-electron chi connectivity index (χ1n) is 7.14. The number of amides is 3. The van der Waals surface area contributed by atoms with Gasteiger partial charge in [-0.2, -0.15) is 0 Å². The lowest BCUT2D eigenvalue weighted by molar-refractivity contribution is -0.141. The van der Waals surface area contributed by atoms with E-state index in [2.05, 4.69) is 5.32 Å². The molecule has 2 heterocycles. The number of hydrogen-bond donors (Lipinski definition) is 2. The van der Waals surface area contributed by atoms with Crippen molar-refractivity contribution >= 4 is 17.9 Å². The summed E-state index contributed by atoms with van der Waals surface area (Å²) in [7, 11) is 0. The number of nitrogens with one attached hydrogen (secondary N) is 1. The Morgan fingerprint density at radius 1 is 1.10 bits per heavy atom. The molecule has 2 rings (SSSR count). The van der Waals surface area contributed by atoms with Crippen molar-refractivity contribution in [2.75, 3.05) is 26.2 Å². The highest BCUT2D eigenvalue weighted by Gasteiger charge is 2.33. The maximum Gasteiger partial charge on any atom is 0.326 e. The third-order valence-electron chi connectivity index (χ3n) is 3.87. The predicted octanol–water partition coefficient (Wildman–Crippen LogP) is 0.258. The molecule has 2 aliphatic heterocycles. The summed E-state index contributed by atoms with van der Waals surface area (Å²) in [5.74, 6) is -0.912. The van der Waals surface area contributed by atoms with Crippen LogP contribution in [-0.2, 0) is 9.59 Å². The van der Waals surface area contributed by atoms with Crippen LogP contribution >= 0.6 is 0 Å². The molecule has 0 aromatic heterocycles. The van der Waals surface area contributed by atoms with Gasteiger partial charge in [0.05, 0.1) is 0 Å². The van der Waals surface area contributed by atoms with Crippen LogP contribution < -0.4 is 5.32 Å². The van der Waals surface area contributed by atoms with E-state index in [1.54, 1.807) is 0 Å². The molecule has 0 aromatic rings. The molecule has 0 aromatic carbocycles. The zero-order valence-corrected chi connectivity index (χ0v) is 11.5. The minimum Gasteiger partial charge on any atom is -0.480 e. The normalized spacial score (nSPS) is 22.1. The molecule has 2 fully saturated rings. The summed E-state index contributed by atoms with van der Waals surface area (Å²) < 4.78 is 0. The van der Waals surface area contributed by atoms with Crippen LogP contribution in [0.5, 0.6) is 0 Å². The fraction of sp³-hybridized carbons (Fsp3) is 0.769. The van der Waals surface area contributed by atoms with Gasteiger partial charge in [0, 0.05) is 32.6 Å². The maximum absolute atomic E-state index is 11.9. The van der Waals surface area contributed by atoms with E-state index in [0.717, 1.165) is 25.9 Å². The molecule has 112 valence electrons. The first kappa shape index (κ1) is 14.6. The molecule has 0 unspecified atom stereocenters. The number of rotatable bonds is 4. The van der Waals surface area contributed by atoms with Gasteiger partial charge in [0.2, 0.25) is 5.91 Å². The SMILES string of the molecule is O=C(O)[C@@H]1CCCN1C(=O)NCCC(=O)N1CCCC1. The third-order valence-corrected chi connectivity index (χ3v) is 3.87. The lowest BCUT2D eigenvalue weighted by atomic mass is 10.2. The van der Waals surface area contributed by atoms with E-state index in [-0.39, 0.29) is 24.9 Å². The Labute approximate surface area is 117 Å². The summed E-state index contributed by atoms with van der Waals surface area (Å²) in [5, 5.41) is 11.6.